The van der Waals surface area contributed by atoms with Crippen LogP contribution >= 0.6 is 0 Å². The third kappa shape index (κ3) is 5.64. The number of nitrogens with zero attached hydrogens (tertiary/aromatic N) is 2. The number of esters is 2. The van der Waals surface area contributed by atoms with Crippen LogP contribution in [0.2, 0.25) is 0 Å². The van der Waals surface area contributed by atoms with Crippen LogP contribution < -0.4 is 14.4 Å². The third-order valence-electron chi connectivity index (χ3n) is 5.58. The van der Waals surface area contributed by atoms with Crippen molar-refractivity contribution in [3.05, 3.63) is 82.3 Å². The van der Waals surface area contributed by atoms with Gasteiger partial charge in [0.2, 0.25) is 11.7 Å². The number of hydrogen-bond acceptors (Lipinski definition) is 10. The Morgan fingerprint density at radius 2 is 1.89 bits per heavy atom. The van der Waals surface area contributed by atoms with Crippen molar-refractivity contribution in [3.63, 3.8) is 0 Å². The van der Waals surface area contributed by atoms with Crippen molar-refractivity contribution in [2.24, 2.45) is 5.92 Å². The monoisotopic (exact) mass is 508 g/mol. The van der Waals surface area contributed by atoms with Crippen molar-refractivity contribution < 1.29 is 42.7 Å². The van der Waals surface area contributed by atoms with E-state index in [0.29, 0.717) is 0 Å². The summed E-state index contributed by atoms with van der Waals surface area (Å²) in [5, 5.41) is 11.0. The average Bonchev–Trinajstić information content (AvgIpc) is 3.57. The highest BCUT2D eigenvalue weighted by Crippen LogP contribution is 2.36. The second kappa shape index (κ2) is 10.7. The molecule has 1 saturated heterocycles. The molecule has 0 saturated carbocycles. The molecule has 2 heterocycles. The lowest BCUT2D eigenvalue weighted by atomic mass is 10.1. The van der Waals surface area contributed by atoms with Gasteiger partial charge in [-0.2, -0.15) is 0 Å². The zero-order chi connectivity index (χ0) is 26.5. The number of ketones is 1. The van der Waals surface area contributed by atoms with E-state index in [1.165, 1.54) is 66.8 Å². The highest BCUT2D eigenvalue weighted by Gasteiger charge is 2.37. The summed E-state index contributed by atoms with van der Waals surface area (Å²) in [5.74, 6) is -2.79. The highest BCUT2D eigenvalue weighted by molar-refractivity contribution is 6.02. The molecular formula is C25H20N2O10. The van der Waals surface area contributed by atoms with Crippen molar-refractivity contribution in [2.75, 3.05) is 25.2 Å². The molecule has 0 N–H and O–H groups in total. The predicted molar refractivity (Wildman–Crippen MR) is 126 cm³/mol. The van der Waals surface area contributed by atoms with Gasteiger partial charge >= 0.3 is 11.9 Å². The number of hydrogen-bond donors (Lipinski definition) is 0. The molecule has 37 heavy (non-hydrogen) atoms. The molecule has 0 bridgehead atoms. The summed E-state index contributed by atoms with van der Waals surface area (Å²) >= 11 is 0. The number of rotatable bonds is 9. The van der Waals surface area contributed by atoms with Gasteiger partial charge in [0.05, 0.1) is 36.0 Å². The second-order valence-electron chi connectivity index (χ2n) is 7.94. The zero-order valence-electron chi connectivity index (χ0n) is 19.4. The molecule has 1 aromatic heterocycles. The highest BCUT2D eigenvalue weighted by atomic mass is 16.6. The Balaban J connectivity index is 1.32. The van der Waals surface area contributed by atoms with Gasteiger partial charge in [0.15, 0.2) is 12.4 Å². The zero-order valence-corrected chi connectivity index (χ0v) is 19.4. The van der Waals surface area contributed by atoms with E-state index in [2.05, 4.69) is 0 Å². The first-order chi connectivity index (χ1) is 17.8. The number of nitro benzene ring substituents is 1. The van der Waals surface area contributed by atoms with Crippen LogP contribution in [-0.4, -0.2) is 48.8 Å². The van der Waals surface area contributed by atoms with Crippen LogP contribution in [-0.2, 0) is 14.3 Å². The normalized spacial score (nSPS) is 14.8. The molecule has 3 aromatic rings. The fourth-order valence-electron chi connectivity index (χ4n) is 3.70. The number of nitro groups is 1. The first kappa shape index (κ1) is 25.1. The van der Waals surface area contributed by atoms with Gasteiger partial charge in [-0.1, -0.05) is 0 Å². The number of ether oxygens (including phenoxy) is 3. The summed E-state index contributed by atoms with van der Waals surface area (Å²) in [6, 6.07) is 12.5. The molecule has 0 radical (unpaired) electrons. The van der Waals surface area contributed by atoms with E-state index in [1.807, 2.05) is 0 Å². The Morgan fingerprint density at radius 1 is 1.14 bits per heavy atom. The maximum Gasteiger partial charge on any atom is 0.379 e. The van der Waals surface area contributed by atoms with Crippen molar-refractivity contribution in [3.8, 4) is 11.5 Å². The van der Waals surface area contributed by atoms with Crippen molar-refractivity contribution in [1.29, 1.82) is 0 Å². The summed E-state index contributed by atoms with van der Waals surface area (Å²) < 4.78 is 20.4. The van der Waals surface area contributed by atoms with E-state index < -0.39 is 35.2 Å². The van der Waals surface area contributed by atoms with E-state index in [1.54, 1.807) is 6.07 Å². The summed E-state index contributed by atoms with van der Waals surface area (Å²) in [6.07, 6.45) is 1.19. The number of carbonyl (C=O) groups is 4. The van der Waals surface area contributed by atoms with Crippen LogP contribution in [0.4, 0.5) is 11.4 Å². The molecule has 0 spiro atoms. The summed E-state index contributed by atoms with van der Waals surface area (Å²) in [6.45, 7) is -0.578. The fraction of sp³-hybridized carbons (Fsp3) is 0.200. The molecule has 0 aliphatic carbocycles. The lowest BCUT2D eigenvalue weighted by Crippen LogP contribution is -2.27. The summed E-state index contributed by atoms with van der Waals surface area (Å²) in [7, 11) is 1.32. The van der Waals surface area contributed by atoms with Gasteiger partial charge in [-0.3, -0.25) is 24.5 Å². The number of benzene rings is 2. The Bertz CT molecular complexity index is 1350. The quantitative estimate of drug-likeness (QED) is 0.138. The second-order valence-corrected chi connectivity index (χ2v) is 7.94. The molecule has 1 amide bonds. The minimum atomic E-state index is -0.830. The van der Waals surface area contributed by atoms with Crippen molar-refractivity contribution in [1.82, 2.24) is 0 Å². The van der Waals surface area contributed by atoms with Crippen molar-refractivity contribution >= 4 is 35.0 Å². The summed E-state index contributed by atoms with van der Waals surface area (Å²) in [5.41, 5.74) is 0.313. The Labute approximate surface area is 209 Å². The third-order valence-corrected chi connectivity index (χ3v) is 5.58. The van der Waals surface area contributed by atoms with Gasteiger partial charge in [0, 0.05) is 24.6 Å². The molecule has 1 atom stereocenters. The van der Waals surface area contributed by atoms with Gasteiger partial charge < -0.3 is 23.5 Å². The number of amides is 1. The van der Waals surface area contributed by atoms with E-state index >= 15 is 0 Å². The fourth-order valence-corrected chi connectivity index (χ4v) is 3.70. The Kier molecular flexibility index (Phi) is 7.28. The minimum Gasteiger partial charge on any atom is -0.494 e. The molecule has 1 aliphatic heterocycles. The Hall–Kier alpha value is -5.00. The van der Waals surface area contributed by atoms with Crippen LogP contribution in [0.1, 0.15) is 27.3 Å². The standard InChI is InChI=1S/C25H20N2O10/c1-34-22-12-17(27(32)33)6-9-19(22)26-13-16(11-23(26)29)24(30)36-14-20(28)15-4-7-18(8-5-15)37-25(31)21-3-2-10-35-21/h2-10,12,16H,11,13-14H2,1H3/t16-/m1/s1. The molecule has 12 heteroatoms. The molecule has 0 unspecified atom stereocenters. The molecular weight excluding hydrogens is 488 g/mol. The van der Waals surface area contributed by atoms with Gasteiger partial charge in [-0.05, 0) is 42.5 Å². The van der Waals surface area contributed by atoms with E-state index in [4.69, 9.17) is 18.6 Å². The predicted octanol–water partition coefficient (Wildman–Crippen LogP) is 3.19. The number of carbonyl (C=O) groups excluding carboxylic acids is 4. The van der Waals surface area contributed by atoms with Crippen LogP contribution in [0.25, 0.3) is 0 Å². The first-order valence-electron chi connectivity index (χ1n) is 10.9. The van der Waals surface area contributed by atoms with E-state index in [-0.39, 0.29) is 53.1 Å². The molecule has 2 aromatic carbocycles. The van der Waals surface area contributed by atoms with Crippen LogP contribution in [0.15, 0.2) is 65.3 Å². The average molecular weight is 508 g/mol. The maximum absolute atomic E-state index is 12.5. The van der Waals surface area contributed by atoms with Crippen molar-refractivity contribution in [2.45, 2.75) is 6.42 Å². The number of Topliss-reactive ketones (excluding diaryl/α,β-unsaturated/α-hetero) is 1. The van der Waals surface area contributed by atoms with Crippen LogP contribution in [0.5, 0.6) is 11.5 Å². The SMILES string of the molecule is COc1cc([N+](=O)[O-])ccc1N1C[C@H](C(=O)OCC(=O)c2ccc(OC(=O)c3ccco3)cc2)CC1=O. The number of furan rings is 1. The van der Waals surface area contributed by atoms with Gasteiger partial charge in [0.25, 0.3) is 5.69 Å². The number of anilines is 1. The number of non-ortho nitro benzene ring substituents is 1. The maximum atomic E-state index is 12.5. The molecule has 190 valence electrons. The molecule has 12 nitrogen and oxygen atoms in total. The van der Waals surface area contributed by atoms with E-state index in [9.17, 15) is 29.3 Å². The Morgan fingerprint density at radius 3 is 2.54 bits per heavy atom. The smallest absolute Gasteiger partial charge is 0.379 e. The van der Waals surface area contributed by atoms with Gasteiger partial charge in [-0.25, -0.2) is 4.79 Å². The van der Waals surface area contributed by atoms with Crippen LogP contribution in [0.3, 0.4) is 0 Å². The summed E-state index contributed by atoms with van der Waals surface area (Å²) in [4.78, 5) is 61.2. The van der Waals surface area contributed by atoms with Crippen LogP contribution in [0, 0.1) is 16.0 Å². The molecule has 1 aliphatic rings. The van der Waals surface area contributed by atoms with E-state index in [0.717, 1.165) is 0 Å². The first-order valence-corrected chi connectivity index (χ1v) is 10.9. The largest absolute Gasteiger partial charge is 0.494 e. The lowest BCUT2D eigenvalue weighted by Gasteiger charge is -2.19. The molecule has 4 rings (SSSR count). The minimum absolute atomic E-state index is 0.0306. The molecule has 1 fully saturated rings. The topological polar surface area (TPSA) is 155 Å². The lowest BCUT2D eigenvalue weighted by molar-refractivity contribution is -0.384. The van der Waals surface area contributed by atoms with Gasteiger partial charge in [-0.15, -0.1) is 0 Å². The number of methoxy groups -OCH3 is 1. The van der Waals surface area contributed by atoms with Gasteiger partial charge in [0.1, 0.15) is 11.5 Å².